The van der Waals surface area contributed by atoms with Crippen LogP contribution in [0.1, 0.15) is 33.6 Å². The van der Waals surface area contributed by atoms with Crippen LogP contribution in [0.15, 0.2) is 0 Å². The van der Waals surface area contributed by atoms with E-state index in [2.05, 4.69) is 6.07 Å². The first-order chi connectivity index (χ1) is 5.11. The van der Waals surface area contributed by atoms with Gasteiger partial charge in [0.2, 0.25) is 0 Å². The summed E-state index contributed by atoms with van der Waals surface area (Å²) in [5, 5.41) is 17.9. The molecule has 0 bridgehead atoms. The van der Waals surface area contributed by atoms with Crippen molar-refractivity contribution in [2.45, 2.75) is 39.7 Å². The monoisotopic (exact) mass is 155 g/mol. The third-order valence-corrected chi connectivity index (χ3v) is 2.02. The number of nitriles is 1. The standard InChI is InChI=1S/C9H17NO/c1-4-9(11)8(3)5-7(2)6-10/h7-9,11H,4-5H2,1-3H3. The highest BCUT2D eigenvalue weighted by atomic mass is 16.3. The van der Waals surface area contributed by atoms with E-state index in [1.54, 1.807) is 0 Å². The van der Waals surface area contributed by atoms with E-state index >= 15 is 0 Å². The zero-order valence-corrected chi connectivity index (χ0v) is 7.54. The van der Waals surface area contributed by atoms with Gasteiger partial charge in [-0.2, -0.15) is 5.26 Å². The number of nitrogens with zero attached hydrogens (tertiary/aromatic N) is 1. The number of aliphatic hydroxyl groups is 1. The molecule has 0 rings (SSSR count). The SMILES string of the molecule is CCC(O)C(C)CC(C)C#N. The van der Waals surface area contributed by atoms with Gasteiger partial charge in [-0.3, -0.25) is 0 Å². The van der Waals surface area contributed by atoms with E-state index in [1.807, 2.05) is 20.8 Å². The van der Waals surface area contributed by atoms with Gasteiger partial charge in [0.25, 0.3) is 0 Å². The zero-order chi connectivity index (χ0) is 8.85. The quantitative estimate of drug-likeness (QED) is 0.674. The lowest BCUT2D eigenvalue weighted by Crippen LogP contribution is -2.18. The molecule has 0 radical (unpaired) electrons. The number of hydrogen-bond donors (Lipinski definition) is 1. The molecular formula is C9H17NO. The Labute approximate surface area is 68.8 Å². The molecule has 2 nitrogen and oxygen atoms in total. The molecule has 64 valence electrons. The summed E-state index contributed by atoms with van der Waals surface area (Å²) in [6, 6.07) is 2.16. The van der Waals surface area contributed by atoms with Gasteiger partial charge in [-0.25, -0.2) is 0 Å². The third-order valence-electron chi connectivity index (χ3n) is 2.02. The molecule has 0 aromatic carbocycles. The van der Waals surface area contributed by atoms with E-state index in [1.165, 1.54) is 0 Å². The first-order valence-electron chi connectivity index (χ1n) is 4.19. The van der Waals surface area contributed by atoms with Crippen LogP contribution in [0.4, 0.5) is 0 Å². The molecule has 0 saturated heterocycles. The van der Waals surface area contributed by atoms with Crippen LogP contribution in [0.3, 0.4) is 0 Å². The first-order valence-corrected chi connectivity index (χ1v) is 4.19. The predicted molar refractivity (Wildman–Crippen MR) is 44.9 cm³/mol. The van der Waals surface area contributed by atoms with E-state index in [-0.39, 0.29) is 17.9 Å². The summed E-state index contributed by atoms with van der Waals surface area (Å²) in [4.78, 5) is 0. The first kappa shape index (κ1) is 10.4. The number of hydrogen-bond acceptors (Lipinski definition) is 2. The molecule has 1 N–H and O–H groups in total. The Kier molecular flexibility index (Phi) is 4.89. The Morgan fingerprint density at radius 1 is 1.45 bits per heavy atom. The Morgan fingerprint density at radius 3 is 2.36 bits per heavy atom. The summed E-state index contributed by atoms with van der Waals surface area (Å²) in [6.07, 6.45) is 1.33. The fraction of sp³-hybridized carbons (Fsp3) is 0.889. The van der Waals surface area contributed by atoms with Crippen molar-refractivity contribution in [1.82, 2.24) is 0 Å². The molecule has 3 unspecified atom stereocenters. The van der Waals surface area contributed by atoms with Crippen LogP contribution in [-0.4, -0.2) is 11.2 Å². The van der Waals surface area contributed by atoms with E-state index in [9.17, 15) is 5.11 Å². The van der Waals surface area contributed by atoms with Gasteiger partial charge in [0.1, 0.15) is 0 Å². The maximum Gasteiger partial charge on any atom is 0.0652 e. The molecule has 0 fully saturated rings. The molecule has 0 aliphatic rings. The molecule has 0 aliphatic heterocycles. The Balaban J connectivity index is 3.69. The van der Waals surface area contributed by atoms with Gasteiger partial charge in [0.15, 0.2) is 0 Å². The molecule has 0 aromatic heterocycles. The second kappa shape index (κ2) is 5.15. The average molecular weight is 155 g/mol. The highest BCUT2D eigenvalue weighted by molar-refractivity contribution is 4.81. The maximum atomic E-state index is 9.36. The van der Waals surface area contributed by atoms with E-state index in [4.69, 9.17) is 5.26 Å². The van der Waals surface area contributed by atoms with E-state index < -0.39 is 0 Å². The maximum absolute atomic E-state index is 9.36. The fourth-order valence-electron chi connectivity index (χ4n) is 1.17. The van der Waals surface area contributed by atoms with E-state index in [0.717, 1.165) is 12.8 Å². The van der Waals surface area contributed by atoms with Crippen LogP contribution in [0.5, 0.6) is 0 Å². The summed E-state index contributed by atoms with van der Waals surface area (Å²) in [7, 11) is 0. The highest BCUT2D eigenvalue weighted by Crippen LogP contribution is 2.16. The average Bonchev–Trinajstić information content (AvgIpc) is 2.02. The minimum atomic E-state index is -0.245. The second-order valence-corrected chi connectivity index (χ2v) is 3.22. The van der Waals surface area contributed by atoms with Crippen LogP contribution < -0.4 is 0 Å². The molecule has 0 aliphatic carbocycles. The molecule has 0 amide bonds. The van der Waals surface area contributed by atoms with Crippen LogP contribution in [0, 0.1) is 23.2 Å². The van der Waals surface area contributed by atoms with Crippen LogP contribution >= 0.6 is 0 Å². The minimum absolute atomic E-state index is 0.0613. The van der Waals surface area contributed by atoms with Crippen molar-refractivity contribution in [3.63, 3.8) is 0 Å². The molecule has 0 spiro atoms. The molecule has 3 atom stereocenters. The Hall–Kier alpha value is -0.550. The van der Waals surface area contributed by atoms with Crippen molar-refractivity contribution in [3.8, 4) is 6.07 Å². The van der Waals surface area contributed by atoms with Crippen molar-refractivity contribution < 1.29 is 5.11 Å². The summed E-state index contributed by atoms with van der Waals surface area (Å²) in [5.41, 5.74) is 0. The van der Waals surface area contributed by atoms with Crippen LogP contribution in [-0.2, 0) is 0 Å². The molecule has 0 aromatic rings. The molecule has 0 heterocycles. The van der Waals surface area contributed by atoms with Crippen molar-refractivity contribution in [2.75, 3.05) is 0 Å². The lowest BCUT2D eigenvalue weighted by Gasteiger charge is -2.17. The summed E-state index contributed by atoms with van der Waals surface area (Å²) in [5.74, 6) is 0.306. The highest BCUT2D eigenvalue weighted by Gasteiger charge is 2.14. The second-order valence-electron chi connectivity index (χ2n) is 3.22. The van der Waals surface area contributed by atoms with E-state index in [0.29, 0.717) is 0 Å². The smallest absolute Gasteiger partial charge is 0.0652 e. The van der Waals surface area contributed by atoms with Gasteiger partial charge in [-0.15, -0.1) is 0 Å². The lowest BCUT2D eigenvalue weighted by molar-refractivity contribution is 0.103. The number of rotatable bonds is 4. The van der Waals surface area contributed by atoms with Gasteiger partial charge < -0.3 is 5.11 Å². The van der Waals surface area contributed by atoms with Crippen LogP contribution in [0.2, 0.25) is 0 Å². The van der Waals surface area contributed by atoms with Gasteiger partial charge in [-0.1, -0.05) is 13.8 Å². The molecule has 11 heavy (non-hydrogen) atoms. The summed E-state index contributed by atoms with van der Waals surface area (Å²) in [6.45, 7) is 5.83. The van der Waals surface area contributed by atoms with Gasteiger partial charge in [0.05, 0.1) is 12.2 Å². The van der Waals surface area contributed by atoms with Gasteiger partial charge in [0, 0.05) is 5.92 Å². The molecular weight excluding hydrogens is 138 g/mol. The van der Waals surface area contributed by atoms with Gasteiger partial charge in [-0.05, 0) is 25.7 Å². The Bertz CT molecular complexity index is 139. The molecule has 2 heteroatoms. The minimum Gasteiger partial charge on any atom is -0.393 e. The largest absolute Gasteiger partial charge is 0.393 e. The van der Waals surface area contributed by atoms with Crippen molar-refractivity contribution >= 4 is 0 Å². The normalized spacial score (nSPS) is 18.5. The van der Waals surface area contributed by atoms with Crippen LogP contribution in [0.25, 0.3) is 0 Å². The zero-order valence-electron chi connectivity index (χ0n) is 7.54. The summed E-state index contributed by atoms with van der Waals surface area (Å²) < 4.78 is 0. The van der Waals surface area contributed by atoms with Crippen molar-refractivity contribution in [3.05, 3.63) is 0 Å². The topological polar surface area (TPSA) is 44.0 Å². The number of aliphatic hydroxyl groups excluding tert-OH is 1. The fourth-order valence-corrected chi connectivity index (χ4v) is 1.17. The van der Waals surface area contributed by atoms with Crippen molar-refractivity contribution in [2.24, 2.45) is 11.8 Å². The Morgan fingerprint density at radius 2 is 2.00 bits per heavy atom. The predicted octanol–water partition coefficient (Wildman–Crippen LogP) is 1.94. The van der Waals surface area contributed by atoms with Gasteiger partial charge >= 0.3 is 0 Å². The lowest BCUT2D eigenvalue weighted by atomic mass is 9.92. The molecule has 0 saturated carbocycles. The summed E-state index contributed by atoms with van der Waals surface area (Å²) >= 11 is 0. The third kappa shape index (κ3) is 4.00. The van der Waals surface area contributed by atoms with Crippen molar-refractivity contribution in [1.29, 1.82) is 5.26 Å².